The first kappa shape index (κ1) is 9.86. The molecule has 0 aliphatic heterocycles. The minimum Gasteiger partial charge on any atom is -0.505 e. The van der Waals surface area contributed by atoms with Gasteiger partial charge in [0.2, 0.25) is 0 Å². The first-order valence-electron chi connectivity index (χ1n) is 3.67. The van der Waals surface area contributed by atoms with Crippen LogP contribution in [0.25, 0.3) is 0 Å². The lowest BCUT2D eigenvalue weighted by molar-refractivity contribution is 0.0693. The average Bonchev–Trinajstić information content (AvgIpc) is 1.99. The summed E-state index contributed by atoms with van der Waals surface area (Å²) in [6.07, 6.45) is 0. The van der Waals surface area contributed by atoms with Crippen molar-refractivity contribution >= 4 is 17.6 Å². The molecule has 1 aromatic rings. The highest BCUT2D eigenvalue weighted by atomic mass is 35.5. The van der Waals surface area contributed by atoms with Crippen LogP contribution in [0.4, 0.5) is 0 Å². The SMILES string of the molecule is Cc1cc(C)c(C(=O)O)c(O)c1Cl. The summed E-state index contributed by atoms with van der Waals surface area (Å²) in [7, 11) is 0. The number of hydrogen-bond acceptors (Lipinski definition) is 2. The second-order valence-electron chi connectivity index (χ2n) is 2.85. The molecule has 1 aromatic carbocycles. The van der Waals surface area contributed by atoms with Gasteiger partial charge in [0.15, 0.2) is 0 Å². The standard InChI is InChI=1S/C9H9ClO3/c1-4-3-5(2)7(10)8(11)6(4)9(12)13/h3,11H,1-2H3,(H,12,13). The van der Waals surface area contributed by atoms with Crippen LogP contribution < -0.4 is 0 Å². The second kappa shape index (κ2) is 3.26. The van der Waals surface area contributed by atoms with E-state index >= 15 is 0 Å². The number of benzene rings is 1. The predicted molar refractivity (Wildman–Crippen MR) is 49.6 cm³/mol. The van der Waals surface area contributed by atoms with Gasteiger partial charge in [0.1, 0.15) is 11.3 Å². The molecule has 0 bridgehead atoms. The number of carboxylic acids is 1. The van der Waals surface area contributed by atoms with E-state index in [1.165, 1.54) is 0 Å². The molecule has 0 unspecified atom stereocenters. The number of halogens is 1. The van der Waals surface area contributed by atoms with Crippen molar-refractivity contribution in [2.45, 2.75) is 13.8 Å². The smallest absolute Gasteiger partial charge is 0.339 e. The molecule has 0 radical (unpaired) electrons. The maximum Gasteiger partial charge on any atom is 0.339 e. The van der Waals surface area contributed by atoms with E-state index in [0.717, 1.165) is 0 Å². The van der Waals surface area contributed by atoms with Crippen LogP contribution in [0.15, 0.2) is 6.07 Å². The quantitative estimate of drug-likeness (QED) is 0.732. The van der Waals surface area contributed by atoms with E-state index < -0.39 is 5.97 Å². The molecule has 0 saturated carbocycles. The zero-order chi connectivity index (χ0) is 10.2. The fourth-order valence-corrected chi connectivity index (χ4v) is 1.36. The Kier molecular flexibility index (Phi) is 2.48. The van der Waals surface area contributed by atoms with Crippen LogP contribution in [0.2, 0.25) is 5.02 Å². The number of aryl methyl sites for hydroxylation is 2. The predicted octanol–water partition coefficient (Wildman–Crippen LogP) is 2.36. The van der Waals surface area contributed by atoms with Gasteiger partial charge in [-0.15, -0.1) is 0 Å². The number of phenols is 1. The van der Waals surface area contributed by atoms with Gasteiger partial charge in [0.05, 0.1) is 5.02 Å². The van der Waals surface area contributed by atoms with Gasteiger partial charge < -0.3 is 10.2 Å². The van der Waals surface area contributed by atoms with Crippen molar-refractivity contribution in [3.8, 4) is 5.75 Å². The molecule has 0 atom stereocenters. The second-order valence-corrected chi connectivity index (χ2v) is 3.23. The molecule has 13 heavy (non-hydrogen) atoms. The summed E-state index contributed by atoms with van der Waals surface area (Å²) >= 11 is 5.69. The van der Waals surface area contributed by atoms with Crippen molar-refractivity contribution in [3.05, 3.63) is 27.8 Å². The Labute approximate surface area is 80.6 Å². The Bertz CT molecular complexity index is 372. The number of hydrogen-bond donors (Lipinski definition) is 2. The Morgan fingerprint density at radius 1 is 1.38 bits per heavy atom. The fourth-order valence-electron chi connectivity index (χ4n) is 1.21. The monoisotopic (exact) mass is 200 g/mol. The average molecular weight is 201 g/mol. The molecule has 0 aromatic heterocycles. The molecule has 1 rings (SSSR count). The third-order valence-electron chi connectivity index (χ3n) is 1.83. The van der Waals surface area contributed by atoms with E-state index in [1.54, 1.807) is 19.9 Å². The largest absolute Gasteiger partial charge is 0.505 e. The molecule has 2 N–H and O–H groups in total. The Morgan fingerprint density at radius 3 is 2.38 bits per heavy atom. The van der Waals surface area contributed by atoms with Crippen molar-refractivity contribution in [2.75, 3.05) is 0 Å². The van der Waals surface area contributed by atoms with Gasteiger partial charge in [-0.05, 0) is 25.0 Å². The van der Waals surface area contributed by atoms with Gasteiger partial charge in [-0.25, -0.2) is 4.79 Å². The van der Waals surface area contributed by atoms with Gasteiger partial charge in [-0.1, -0.05) is 17.7 Å². The number of aromatic hydroxyl groups is 1. The molecule has 0 saturated heterocycles. The van der Waals surface area contributed by atoms with Gasteiger partial charge in [0, 0.05) is 0 Å². The molecule has 70 valence electrons. The number of carboxylic acid groups (broad SMARTS) is 1. The molecule has 0 fully saturated rings. The highest BCUT2D eigenvalue weighted by Gasteiger charge is 2.17. The molecule has 0 spiro atoms. The molecule has 0 aliphatic rings. The topological polar surface area (TPSA) is 57.5 Å². The van der Waals surface area contributed by atoms with Gasteiger partial charge in [0.25, 0.3) is 0 Å². The molecule has 0 heterocycles. The molecule has 3 nitrogen and oxygen atoms in total. The summed E-state index contributed by atoms with van der Waals surface area (Å²) in [5, 5.41) is 18.3. The van der Waals surface area contributed by atoms with Gasteiger partial charge in [-0.2, -0.15) is 0 Å². The van der Waals surface area contributed by atoms with Crippen molar-refractivity contribution in [2.24, 2.45) is 0 Å². The highest BCUT2D eigenvalue weighted by Crippen LogP contribution is 2.32. The minimum absolute atomic E-state index is 0.100. The summed E-state index contributed by atoms with van der Waals surface area (Å²) in [4.78, 5) is 10.7. The zero-order valence-corrected chi connectivity index (χ0v) is 8.01. The maximum atomic E-state index is 10.7. The van der Waals surface area contributed by atoms with E-state index in [-0.39, 0.29) is 16.3 Å². The van der Waals surface area contributed by atoms with Gasteiger partial charge in [-0.3, -0.25) is 0 Å². The molecule has 4 heteroatoms. The van der Waals surface area contributed by atoms with Crippen molar-refractivity contribution < 1.29 is 15.0 Å². The highest BCUT2D eigenvalue weighted by molar-refractivity contribution is 6.33. The lowest BCUT2D eigenvalue weighted by Crippen LogP contribution is -2.01. The van der Waals surface area contributed by atoms with Crippen LogP contribution >= 0.6 is 11.6 Å². The van der Waals surface area contributed by atoms with E-state index in [0.29, 0.717) is 11.1 Å². The van der Waals surface area contributed by atoms with Gasteiger partial charge >= 0.3 is 5.97 Å². The van der Waals surface area contributed by atoms with Crippen LogP contribution in [-0.4, -0.2) is 16.2 Å². The molecule has 0 aliphatic carbocycles. The summed E-state index contributed by atoms with van der Waals surface area (Å²) in [6.45, 7) is 3.33. The van der Waals surface area contributed by atoms with E-state index in [1.807, 2.05) is 0 Å². The van der Waals surface area contributed by atoms with Crippen molar-refractivity contribution in [1.82, 2.24) is 0 Å². The van der Waals surface area contributed by atoms with Crippen LogP contribution in [-0.2, 0) is 0 Å². The Hall–Kier alpha value is -1.22. The summed E-state index contributed by atoms with van der Waals surface area (Å²) in [5.74, 6) is -1.52. The number of carbonyl (C=O) groups is 1. The first-order valence-corrected chi connectivity index (χ1v) is 4.05. The maximum absolute atomic E-state index is 10.7. The lowest BCUT2D eigenvalue weighted by atomic mass is 10.0. The van der Waals surface area contributed by atoms with E-state index in [4.69, 9.17) is 16.7 Å². The number of aromatic carboxylic acids is 1. The summed E-state index contributed by atoms with van der Waals surface area (Å²) < 4.78 is 0. The van der Waals surface area contributed by atoms with Crippen LogP contribution in [0, 0.1) is 13.8 Å². The summed E-state index contributed by atoms with van der Waals surface area (Å²) in [6, 6.07) is 1.63. The third-order valence-corrected chi connectivity index (χ3v) is 2.31. The normalized spacial score (nSPS) is 10.1. The zero-order valence-electron chi connectivity index (χ0n) is 7.26. The molecular weight excluding hydrogens is 192 g/mol. The lowest BCUT2D eigenvalue weighted by Gasteiger charge is -2.07. The molecular formula is C9H9ClO3. The molecule has 0 amide bonds. The van der Waals surface area contributed by atoms with Crippen LogP contribution in [0.1, 0.15) is 21.5 Å². The van der Waals surface area contributed by atoms with Crippen LogP contribution in [0.3, 0.4) is 0 Å². The first-order chi connectivity index (χ1) is 5.95. The minimum atomic E-state index is -1.17. The van der Waals surface area contributed by atoms with Crippen molar-refractivity contribution in [3.63, 3.8) is 0 Å². The Morgan fingerprint density at radius 2 is 1.92 bits per heavy atom. The van der Waals surface area contributed by atoms with E-state index in [9.17, 15) is 9.90 Å². The Balaban J connectivity index is 3.53. The number of rotatable bonds is 1. The third kappa shape index (κ3) is 1.60. The van der Waals surface area contributed by atoms with Crippen LogP contribution in [0.5, 0.6) is 5.75 Å². The van der Waals surface area contributed by atoms with E-state index in [2.05, 4.69) is 0 Å². The van der Waals surface area contributed by atoms with Crippen molar-refractivity contribution in [1.29, 1.82) is 0 Å². The fraction of sp³-hybridized carbons (Fsp3) is 0.222. The summed E-state index contributed by atoms with van der Waals surface area (Å²) in [5.41, 5.74) is 1.05.